The number of hydrogen-bond acceptors (Lipinski definition) is 5. The van der Waals surface area contributed by atoms with Crippen LogP contribution in [0.1, 0.15) is 13.8 Å². The van der Waals surface area contributed by atoms with Crippen LogP contribution in [0.4, 0.5) is 0 Å². The zero-order chi connectivity index (χ0) is 15.0. The lowest BCUT2D eigenvalue weighted by Gasteiger charge is -2.16. The van der Waals surface area contributed by atoms with Gasteiger partial charge >= 0.3 is 5.63 Å². The van der Waals surface area contributed by atoms with Crippen LogP contribution in [0.5, 0.6) is 5.75 Å². The predicted octanol–water partition coefficient (Wildman–Crippen LogP) is 2.93. The Morgan fingerprint density at radius 3 is 2.71 bits per heavy atom. The van der Waals surface area contributed by atoms with Gasteiger partial charge in [0.1, 0.15) is 23.5 Å². The van der Waals surface area contributed by atoms with Crippen molar-refractivity contribution in [2.75, 3.05) is 6.61 Å². The van der Waals surface area contributed by atoms with E-state index in [1.165, 1.54) is 6.07 Å². The maximum absolute atomic E-state index is 11.3. The fraction of sp³-hybridized carbons (Fsp3) is 0.312. The number of rotatable bonds is 4. The van der Waals surface area contributed by atoms with Crippen molar-refractivity contribution in [1.29, 1.82) is 0 Å². The van der Waals surface area contributed by atoms with Crippen LogP contribution in [-0.4, -0.2) is 17.8 Å². The standard InChI is InChI=1S/C16H16O5/c1-9(2)12(17)8-20-16-10-3-4-15(18)21-14(10)7-13-11(16)5-6-19-13/h3-7,9,12,17H,8H2,1-2H3/t12-/m1/s1. The third-order valence-corrected chi connectivity index (χ3v) is 3.48. The highest BCUT2D eigenvalue weighted by Gasteiger charge is 2.16. The van der Waals surface area contributed by atoms with Crippen LogP contribution in [0.3, 0.4) is 0 Å². The summed E-state index contributed by atoms with van der Waals surface area (Å²) in [6, 6.07) is 6.46. The summed E-state index contributed by atoms with van der Waals surface area (Å²) in [6.07, 6.45) is 0.978. The van der Waals surface area contributed by atoms with Gasteiger partial charge in [-0.1, -0.05) is 13.8 Å². The zero-order valence-corrected chi connectivity index (χ0v) is 11.8. The van der Waals surface area contributed by atoms with Gasteiger partial charge in [-0.3, -0.25) is 0 Å². The first-order chi connectivity index (χ1) is 10.1. The molecule has 2 aromatic heterocycles. The molecule has 1 N–H and O–H groups in total. The van der Waals surface area contributed by atoms with Crippen LogP contribution in [-0.2, 0) is 0 Å². The Morgan fingerprint density at radius 1 is 1.19 bits per heavy atom. The molecule has 1 aromatic carbocycles. The number of aliphatic hydroxyl groups excluding tert-OH is 1. The predicted molar refractivity (Wildman–Crippen MR) is 78.6 cm³/mol. The first-order valence-corrected chi connectivity index (χ1v) is 6.81. The fourth-order valence-corrected chi connectivity index (χ4v) is 2.13. The minimum Gasteiger partial charge on any atom is -0.489 e. The van der Waals surface area contributed by atoms with Crippen molar-refractivity contribution in [3.8, 4) is 5.75 Å². The Kier molecular flexibility index (Phi) is 3.43. The molecule has 0 spiro atoms. The van der Waals surface area contributed by atoms with Gasteiger partial charge in [-0.15, -0.1) is 0 Å². The van der Waals surface area contributed by atoms with Gasteiger partial charge < -0.3 is 18.7 Å². The number of aliphatic hydroxyl groups is 1. The van der Waals surface area contributed by atoms with E-state index in [0.717, 1.165) is 5.39 Å². The van der Waals surface area contributed by atoms with E-state index in [2.05, 4.69) is 0 Å². The van der Waals surface area contributed by atoms with Crippen molar-refractivity contribution in [1.82, 2.24) is 0 Å². The van der Waals surface area contributed by atoms with E-state index in [0.29, 0.717) is 22.3 Å². The highest BCUT2D eigenvalue weighted by Crippen LogP contribution is 2.35. The highest BCUT2D eigenvalue weighted by atomic mass is 16.5. The number of benzene rings is 1. The topological polar surface area (TPSA) is 72.8 Å². The lowest BCUT2D eigenvalue weighted by molar-refractivity contribution is 0.0713. The number of ether oxygens (including phenoxy) is 1. The van der Waals surface area contributed by atoms with Crippen molar-refractivity contribution in [3.05, 3.63) is 40.9 Å². The molecule has 3 rings (SSSR count). The summed E-state index contributed by atoms with van der Waals surface area (Å²) in [5.41, 5.74) is 0.548. The summed E-state index contributed by atoms with van der Waals surface area (Å²) >= 11 is 0. The molecule has 0 radical (unpaired) electrons. The molecule has 3 aromatic rings. The summed E-state index contributed by atoms with van der Waals surface area (Å²) in [5, 5.41) is 11.4. The molecular formula is C16H16O5. The number of furan rings is 1. The van der Waals surface area contributed by atoms with Crippen LogP contribution in [0.25, 0.3) is 21.9 Å². The van der Waals surface area contributed by atoms with E-state index in [1.54, 1.807) is 24.5 Å². The summed E-state index contributed by atoms with van der Waals surface area (Å²) in [5.74, 6) is 0.650. The molecule has 0 aliphatic heterocycles. The van der Waals surface area contributed by atoms with Crippen LogP contribution in [0.15, 0.2) is 44.2 Å². The highest BCUT2D eigenvalue weighted by molar-refractivity contribution is 6.01. The van der Waals surface area contributed by atoms with Crippen molar-refractivity contribution >= 4 is 21.9 Å². The molecule has 5 nitrogen and oxygen atoms in total. The summed E-state index contributed by atoms with van der Waals surface area (Å²) in [4.78, 5) is 11.3. The van der Waals surface area contributed by atoms with Crippen LogP contribution < -0.4 is 10.4 Å². The lowest BCUT2D eigenvalue weighted by Crippen LogP contribution is -2.23. The Morgan fingerprint density at radius 2 is 1.95 bits per heavy atom. The lowest BCUT2D eigenvalue weighted by atomic mass is 10.1. The maximum Gasteiger partial charge on any atom is 0.336 e. The molecule has 0 saturated carbocycles. The molecule has 0 aliphatic carbocycles. The monoisotopic (exact) mass is 288 g/mol. The molecule has 2 heterocycles. The Labute approximate surface area is 120 Å². The van der Waals surface area contributed by atoms with Gasteiger partial charge in [0.15, 0.2) is 0 Å². The minimum absolute atomic E-state index is 0.0951. The van der Waals surface area contributed by atoms with E-state index in [4.69, 9.17) is 13.6 Å². The third kappa shape index (κ3) is 2.52. The Balaban J connectivity index is 2.12. The second-order valence-corrected chi connectivity index (χ2v) is 5.33. The van der Waals surface area contributed by atoms with Crippen molar-refractivity contribution in [3.63, 3.8) is 0 Å². The van der Waals surface area contributed by atoms with Crippen molar-refractivity contribution < 1.29 is 18.7 Å². The summed E-state index contributed by atoms with van der Waals surface area (Å²) in [7, 11) is 0. The Hall–Kier alpha value is -2.27. The molecule has 0 unspecified atom stereocenters. The van der Waals surface area contributed by atoms with Gasteiger partial charge in [0.2, 0.25) is 0 Å². The summed E-state index contributed by atoms with van der Waals surface area (Å²) in [6.45, 7) is 4.00. The van der Waals surface area contributed by atoms with Gasteiger partial charge in [-0.25, -0.2) is 4.79 Å². The van der Waals surface area contributed by atoms with E-state index < -0.39 is 11.7 Å². The largest absolute Gasteiger partial charge is 0.489 e. The first-order valence-electron chi connectivity index (χ1n) is 6.81. The van der Waals surface area contributed by atoms with E-state index >= 15 is 0 Å². The molecule has 5 heteroatoms. The molecule has 0 bridgehead atoms. The fourth-order valence-electron chi connectivity index (χ4n) is 2.13. The smallest absolute Gasteiger partial charge is 0.336 e. The van der Waals surface area contributed by atoms with Gasteiger partial charge in [-0.05, 0) is 18.1 Å². The molecule has 0 fully saturated rings. The Bertz CT molecular complexity index is 827. The molecule has 0 aliphatic rings. The van der Waals surface area contributed by atoms with E-state index in [-0.39, 0.29) is 12.5 Å². The number of hydrogen-bond donors (Lipinski definition) is 1. The van der Waals surface area contributed by atoms with Gasteiger partial charge in [0.25, 0.3) is 0 Å². The van der Waals surface area contributed by atoms with E-state index in [9.17, 15) is 9.90 Å². The average Bonchev–Trinajstić information content (AvgIpc) is 2.90. The minimum atomic E-state index is -0.571. The van der Waals surface area contributed by atoms with Crippen molar-refractivity contribution in [2.24, 2.45) is 5.92 Å². The molecule has 0 amide bonds. The van der Waals surface area contributed by atoms with Gasteiger partial charge in [-0.2, -0.15) is 0 Å². The molecular weight excluding hydrogens is 272 g/mol. The van der Waals surface area contributed by atoms with Gasteiger partial charge in [0, 0.05) is 12.1 Å². The molecule has 1 atom stereocenters. The van der Waals surface area contributed by atoms with Gasteiger partial charge in [0.05, 0.1) is 23.1 Å². The van der Waals surface area contributed by atoms with Crippen LogP contribution in [0, 0.1) is 5.92 Å². The normalized spacial score (nSPS) is 13.1. The molecule has 110 valence electrons. The number of fused-ring (bicyclic) bond motifs is 2. The van der Waals surface area contributed by atoms with Crippen LogP contribution in [0.2, 0.25) is 0 Å². The van der Waals surface area contributed by atoms with E-state index in [1.807, 2.05) is 13.8 Å². The molecule has 0 saturated heterocycles. The van der Waals surface area contributed by atoms with Crippen LogP contribution >= 0.6 is 0 Å². The average molecular weight is 288 g/mol. The first kappa shape index (κ1) is 13.7. The second-order valence-electron chi connectivity index (χ2n) is 5.33. The third-order valence-electron chi connectivity index (χ3n) is 3.48. The quantitative estimate of drug-likeness (QED) is 0.747. The SMILES string of the molecule is CC(C)[C@H](O)COc1c2ccoc2cc2oc(=O)ccc12. The van der Waals surface area contributed by atoms with Crippen molar-refractivity contribution in [2.45, 2.75) is 20.0 Å². The second kappa shape index (κ2) is 5.26. The summed E-state index contributed by atoms with van der Waals surface area (Å²) < 4.78 is 16.3. The zero-order valence-electron chi connectivity index (χ0n) is 11.8. The molecule has 21 heavy (non-hydrogen) atoms. The maximum atomic E-state index is 11.3.